The topological polar surface area (TPSA) is 67.6 Å². The minimum absolute atomic E-state index is 0.00163. The van der Waals surface area contributed by atoms with Crippen LogP contribution in [0.3, 0.4) is 0 Å². The molecule has 0 saturated heterocycles. The van der Waals surface area contributed by atoms with E-state index in [0.717, 1.165) is 12.2 Å². The summed E-state index contributed by atoms with van der Waals surface area (Å²) < 4.78 is 5.19. The summed E-state index contributed by atoms with van der Waals surface area (Å²) in [4.78, 5) is 13.8. The molecule has 19 heavy (non-hydrogen) atoms. The van der Waals surface area contributed by atoms with Gasteiger partial charge in [0.05, 0.1) is 13.7 Å². The highest BCUT2D eigenvalue weighted by atomic mass is 16.5. The summed E-state index contributed by atoms with van der Waals surface area (Å²) in [6.07, 6.45) is 0. The molecule has 0 aliphatic rings. The van der Waals surface area contributed by atoms with Crippen molar-refractivity contribution in [2.45, 2.75) is 26.8 Å². The third kappa shape index (κ3) is 4.69. The molecule has 0 fully saturated rings. The Morgan fingerprint density at radius 2 is 2.11 bits per heavy atom. The van der Waals surface area contributed by atoms with Crippen LogP contribution in [0.5, 0.6) is 5.75 Å². The van der Waals surface area contributed by atoms with Gasteiger partial charge in [0.25, 0.3) is 0 Å². The van der Waals surface area contributed by atoms with Gasteiger partial charge in [-0.2, -0.15) is 0 Å². The Balaban J connectivity index is 2.84. The van der Waals surface area contributed by atoms with Crippen LogP contribution in [0, 0.1) is 0 Å². The van der Waals surface area contributed by atoms with Gasteiger partial charge in [0, 0.05) is 36.1 Å². The van der Waals surface area contributed by atoms with Gasteiger partial charge in [0.1, 0.15) is 5.75 Å². The van der Waals surface area contributed by atoms with Crippen LogP contribution in [0.2, 0.25) is 0 Å². The minimum Gasteiger partial charge on any atom is -0.497 e. The van der Waals surface area contributed by atoms with E-state index in [1.54, 1.807) is 13.2 Å². The molecule has 106 valence electrons. The molecule has 0 atom stereocenters. The van der Waals surface area contributed by atoms with E-state index in [9.17, 15) is 4.79 Å². The Morgan fingerprint density at radius 3 is 2.63 bits per heavy atom. The molecule has 1 amide bonds. The molecule has 0 radical (unpaired) electrons. The molecule has 0 saturated carbocycles. The van der Waals surface area contributed by atoms with E-state index < -0.39 is 0 Å². The number of rotatable bonds is 6. The van der Waals surface area contributed by atoms with Crippen molar-refractivity contribution in [1.29, 1.82) is 0 Å². The Labute approximate surface area is 114 Å². The summed E-state index contributed by atoms with van der Waals surface area (Å²) in [5.74, 6) is 0.691. The fourth-order valence-corrected chi connectivity index (χ4v) is 1.83. The Kier molecular flexibility index (Phi) is 5.48. The molecular formula is C14H23N3O2. The number of amides is 1. The zero-order chi connectivity index (χ0) is 14.4. The monoisotopic (exact) mass is 265 g/mol. The molecule has 0 heterocycles. The molecule has 0 spiro atoms. The number of nitrogens with one attached hydrogen (secondary N) is 1. The number of nitrogens with two attached hydrogens (primary N) is 1. The predicted octanol–water partition coefficient (Wildman–Crippen LogP) is 1.63. The largest absolute Gasteiger partial charge is 0.497 e. The van der Waals surface area contributed by atoms with E-state index in [0.29, 0.717) is 18.0 Å². The molecule has 0 aliphatic carbocycles. The predicted molar refractivity (Wildman–Crippen MR) is 78.6 cm³/mol. The van der Waals surface area contributed by atoms with E-state index in [1.807, 2.05) is 37.8 Å². The minimum atomic E-state index is -0.00163. The van der Waals surface area contributed by atoms with Gasteiger partial charge in [0.15, 0.2) is 0 Å². The summed E-state index contributed by atoms with van der Waals surface area (Å²) in [6, 6.07) is 5.62. The summed E-state index contributed by atoms with van der Waals surface area (Å²) in [7, 11) is 1.60. The molecule has 5 heteroatoms. The van der Waals surface area contributed by atoms with E-state index in [2.05, 4.69) is 5.32 Å². The van der Waals surface area contributed by atoms with Crippen molar-refractivity contribution in [3.05, 3.63) is 18.2 Å². The summed E-state index contributed by atoms with van der Waals surface area (Å²) >= 11 is 0. The van der Waals surface area contributed by atoms with Crippen molar-refractivity contribution in [2.24, 2.45) is 0 Å². The van der Waals surface area contributed by atoms with Gasteiger partial charge in [-0.25, -0.2) is 0 Å². The number of hydrogen-bond donors (Lipinski definition) is 2. The van der Waals surface area contributed by atoms with Crippen LogP contribution in [-0.4, -0.2) is 32.1 Å². The molecular weight excluding hydrogens is 242 g/mol. The lowest BCUT2D eigenvalue weighted by Crippen LogP contribution is -2.40. The molecule has 0 aromatic heterocycles. The fraction of sp³-hybridized carbons (Fsp3) is 0.500. The number of anilines is 2. The smallest absolute Gasteiger partial charge is 0.239 e. The second-order valence-corrected chi connectivity index (χ2v) is 4.70. The van der Waals surface area contributed by atoms with E-state index in [1.165, 1.54) is 0 Å². The van der Waals surface area contributed by atoms with E-state index in [4.69, 9.17) is 10.5 Å². The lowest BCUT2D eigenvalue weighted by atomic mass is 10.2. The number of ether oxygens (including phenoxy) is 1. The first kappa shape index (κ1) is 15.1. The quantitative estimate of drug-likeness (QED) is 0.767. The van der Waals surface area contributed by atoms with Gasteiger partial charge in [-0.1, -0.05) is 0 Å². The SMILES string of the molecule is CCN(CC(=O)NC(C)C)c1cc(N)cc(OC)c1. The van der Waals surface area contributed by atoms with Crippen LogP contribution in [0.4, 0.5) is 11.4 Å². The Hall–Kier alpha value is -1.91. The highest BCUT2D eigenvalue weighted by Crippen LogP contribution is 2.25. The molecule has 0 aliphatic heterocycles. The van der Waals surface area contributed by atoms with Crippen molar-refractivity contribution in [1.82, 2.24) is 5.32 Å². The standard InChI is InChI=1S/C14H23N3O2/c1-5-17(9-14(18)16-10(2)3)12-6-11(15)7-13(8-12)19-4/h6-8,10H,5,9,15H2,1-4H3,(H,16,18). The molecule has 5 nitrogen and oxygen atoms in total. The van der Waals surface area contributed by atoms with Crippen LogP contribution in [0.25, 0.3) is 0 Å². The third-order valence-electron chi connectivity index (χ3n) is 2.68. The lowest BCUT2D eigenvalue weighted by Gasteiger charge is -2.24. The van der Waals surface area contributed by atoms with E-state index in [-0.39, 0.29) is 11.9 Å². The van der Waals surface area contributed by atoms with Crippen LogP contribution >= 0.6 is 0 Å². The second kappa shape index (κ2) is 6.87. The summed E-state index contributed by atoms with van der Waals surface area (Å²) in [6.45, 7) is 6.91. The van der Waals surface area contributed by atoms with Gasteiger partial charge in [-0.3, -0.25) is 4.79 Å². The van der Waals surface area contributed by atoms with Crippen LogP contribution < -0.4 is 20.7 Å². The van der Waals surface area contributed by atoms with Crippen LogP contribution in [0.15, 0.2) is 18.2 Å². The molecule has 1 aromatic rings. The summed E-state index contributed by atoms with van der Waals surface area (Å²) in [5, 5.41) is 2.88. The number of nitrogens with zero attached hydrogens (tertiary/aromatic N) is 1. The number of hydrogen-bond acceptors (Lipinski definition) is 4. The number of carbonyl (C=O) groups excluding carboxylic acids is 1. The number of likely N-dealkylation sites (N-methyl/N-ethyl adjacent to an activating group) is 1. The number of nitrogen functional groups attached to an aromatic ring is 1. The highest BCUT2D eigenvalue weighted by Gasteiger charge is 2.12. The number of benzene rings is 1. The van der Waals surface area contributed by atoms with Gasteiger partial charge < -0.3 is 20.7 Å². The Morgan fingerprint density at radius 1 is 1.42 bits per heavy atom. The first-order valence-electron chi connectivity index (χ1n) is 6.45. The lowest BCUT2D eigenvalue weighted by molar-refractivity contribution is -0.120. The van der Waals surface area contributed by atoms with Crippen LogP contribution in [0.1, 0.15) is 20.8 Å². The van der Waals surface area contributed by atoms with Crippen molar-refractivity contribution in [3.63, 3.8) is 0 Å². The van der Waals surface area contributed by atoms with Crippen LogP contribution in [-0.2, 0) is 4.79 Å². The molecule has 1 aromatic carbocycles. The van der Waals surface area contributed by atoms with Crippen molar-refractivity contribution in [2.75, 3.05) is 30.8 Å². The molecule has 3 N–H and O–H groups in total. The zero-order valence-corrected chi connectivity index (χ0v) is 12.1. The highest BCUT2D eigenvalue weighted by molar-refractivity contribution is 5.82. The van der Waals surface area contributed by atoms with Gasteiger partial charge in [0.2, 0.25) is 5.91 Å². The van der Waals surface area contributed by atoms with Gasteiger partial charge in [-0.05, 0) is 26.8 Å². The van der Waals surface area contributed by atoms with Crippen molar-refractivity contribution >= 4 is 17.3 Å². The second-order valence-electron chi connectivity index (χ2n) is 4.70. The number of methoxy groups -OCH3 is 1. The summed E-state index contributed by atoms with van der Waals surface area (Å²) in [5.41, 5.74) is 7.34. The molecule has 1 rings (SSSR count). The maximum absolute atomic E-state index is 11.8. The third-order valence-corrected chi connectivity index (χ3v) is 2.68. The van der Waals surface area contributed by atoms with Gasteiger partial charge in [-0.15, -0.1) is 0 Å². The first-order valence-corrected chi connectivity index (χ1v) is 6.45. The van der Waals surface area contributed by atoms with Gasteiger partial charge >= 0.3 is 0 Å². The normalized spacial score (nSPS) is 10.4. The average molecular weight is 265 g/mol. The Bertz CT molecular complexity index is 433. The maximum Gasteiger partial charge on any atom is 0.239 e. The number of carbonyl (C=O) groups is 1. The van der Waals surface area contributed by atoms with E-state index >= 15 is 0 Å². The van der Waals surface area contributed by atoms with Crippen molar-refractivity contribution in [3.8, 4) is 5.75 Å². The molecule has 0 unspecified atom stereocenters. The average Bonchev–Trinajstić information content (AvgIpc) is 2.34. The fourth-order valence-electron chi connectivity index (χ4n) is 1.83. The zero-order valence-electron chi connectivity index (χ0n) is 12.1. The maximum atomic E-state index is 11.8. The first-order chi connectivity index (χ1) is 8.96. The van der Waals surface area contributed by atoms with Crippen molar-refractivity contribution < 1.29 is 9.53 Å². The molecule has 0 bridgehead atoms.